The zero-order valence-corrected chi connectivity index (χ0v) is 9.38. The van der Waals surface area contributed by atoms with Gasteiger partial charge in [0, 0.05) is 5.56 Å². The normalized spacial score (nSPS) is 7.33. The first-order chi connectivity index (χ1) is 5.29. The minimum atomic E-state index is -1.35. The van der Waals surface area contributed by atoms with Crippen molar-refractivity contribution in [3.05, 3.63) is 35.9 Å². The molecule has 0 fully saturated rings. The van der Waals surface area contributed by atoms with E-state index in [-0.39, 0.29) is 19.5 Å². The summed E-state index contributed by atoms with van der Waals surface area (Å²) in [4.78, 5) is 9.89. The molecule has 0 saturated carbocycles. The molecular weight excluding hydrogens is 205 g/mol. The van der Waals surface area contributed by atoms with Gasteiger partial charge >= 0.3 is 19.5 Å². The third-order valence-electron chi connectivity index (χ3n) is 1.08. The summed E-state index contributed by atoms with van der Waals surface area (Å²) in [5.41, 5.74) is 0.678. The van der Waals surface area contributed by atoms with Gasteiger partial charge in [0.1, 0.15) is 5.97 Å². The van der Waals surface area contributed by atoms with Crippen molar-refractivity contribution in [2.45, 2.75) is 0 Å². The zero-order valence-electron chi connectivity index (χ0n) is 6.41. The number of hydrogen-bond acceptors (Lipinski definition) is 2. The molecule has 0 aromatic heterocycles. The van der Waals surface area contributed by atoms with Crippen LogP contribution in [0.25, 0.3) is 0 Å². The molecule has 0 saturated heterocycles. The summed E-state index contributed by atoms with van der Waals surface area (Å²) >= 11 is 0. The third-order valence-corrected chi connectivity index (χ3v) is 1.08. The van der Waals surface area contributed by atoms with Gasteiger partial charge in [-0.2, -0.15) is 0 Å². The molecule has 0 atom stereocenters. The molecule has 12 heavy (non-hydrogen) atoms. The van der Waals surface area contributed by atoms with Crippen LogP contribution in [0.3, 0.4) is 0 Å². The molecule has 2 nitrogen and oxygen atoms in total. The molecule has 0 aliphatic carbocycles. The Bertz CT molecular complexity index is 308. The Labute approximate surface area is 83.4 Å². The van der Waals surface area contributed by atoms with Gasteiger partial charge in [-0.15, -0.1) is 0 Å². The quantitative estimate of drug-likeness (QED) is 0.439. The van der Waals surface area contributed by atoms with E-state index >= 15 is 0 Å². The molecule has 0 aliphatic heterocycles. The third kappa shape index (κ3) is 3.90. The number of carbonyl (C=O) groups is 1. The monoisotopic (exact) mass is 209 g/mol. The number of carboxylic acids is 1. The van der Waals surface area contributed by atoms with Crippen LogP contribution in [0.1, 0.15) is 5.56 Å². The first-order valence-electron chi connectivity index (χ1n) is 3.07. The second kappa shape index (κ2) is 5.51. The van der Waals surface area contributed by atoms with Crippen LogP contribution in [0, 0.1) is 11.8 Å². The van der Waals surface area contributed by atoms with Crippen LogP contribution >= 0.6 is 0 Å². The summed E-state index contributed by atoms with van der Waals surface area (Å²) in [6, 6.07) is 8.88. The van der Waals surface area contributed by atoms with Gasteiger partial charge in [-0.3, -0.25) is 0 Å². The van der Waals surface area contributed by atoms with E-state index < -0.39 is 5.97 Å². The number of hydrogen-bond donors (Lipinski definition) is 0. The van der Waals surface area contributed by atoms with Crippen LogP contribution in [-0.2, 0) is 24.3 Å². The van der Waals surface area contributed by atoms with Gasteiger partial charge in [0.25, 0.3) is 0 Å². The fraction of sp³-hybridized carbons (Fsp3) is 0. The maximum absolute atomic E-state index is 9.89. The Morgan fingerprint density at radius 1 is 1.25 bits per heavy atom. The molecule has 0 spiro atoms. The molecule has 0 heterocycles. The Hall–Kier alpha value is -1.13. The molecule has 1 aromatic carbocycles. The number of carboxylic acid groups (broad SMARTS) is 1. The fourth-order valence-electron chi connectivity index (χ4n) is 0.645. The van der Waals surface area contributed by atoms with Gasteiger partial charge in [-0.25, -0.2) is 0 Å². The molecule has 1 aromatic rings. The van der Waals surface area contributed by atoms with Gasteiger partial charge < -0.3 is 9.90 Å². The molecule has 54 valence electrons. The minimum absolute atomic E-state index is 0. The standard InChI is InChI=1S/C9H6O2.Zn/c10-9(11)7-6-8-4-2-1-3-5-8;/h1-5H,(H,10,11);/q;+2/p-1. The number of rotatable bonds is 0. The average Bonchev–Trinajstić information content (AvgIpc) is 2.03. The molecule has 0 aliphatic rings. The fourth-order valence-corrected chi connectivity index (χ4v) is 0.645. The molecule has 1 rings (SSSR count). The predicted molar refractivity (Wildman–Crippen MR) is 38.3 cm³/mol. The summed E-state index contributed by atoms with van der Waals surface area (Å²) in [6.07, 6.45) is 0. The van der Waals surface area contributed by atoms with Crippen molar-refractivity contribution in [3.63, 3.8) is 0 Å². The molecule has 0 unspecified atom stereocenters. The predicted octanol–water partition coefficient (Wildman–Crippen LogP) is -0.215. The van der Waals surface area contributed by atoms with Crippen LogP contribution < -0.4 is 5.11 Å². The Kier molecular flexibility index (Phi) is 5.00. The van der Waals surface area contributed by atoms with E-state index in [0.717, 1.165) is 0 Å². The second-order valence-corrected chi connectivity index (χ2v) is 1.90. The van der Waals surface area contributed by atoms with Gasteiger partial charge in [0.15, 0.2) is 0 Å². The van der Waals surface area contributed by atoms with Crippen molar-refractivity contribution >= 4 is 5.97 Å². The maximum Gasteiger partial charge on any atom is 2.00 e. The summed E-state index contributed by atoms with van der Waals surface area (Å²) < 4.78 is 0. The molecule has 3 heteroatoms. The van der Waals surface area contributed by atoms with Crippen molar-refractivity contribution in [1.82, 2.24) is 0 Å². The SMILES string of the molecule is O=C([O-])C#Cc1ccccc1.[Zn+2]. The van der Waals surface area contributed by atoms with E-state index in [1.54, 1.807) is 24.3 Å². The minimum Gasteiger partial charge on any atom is -0.537 e. The number of carbonyl (C=O) groups excluding carboxylic acids is 1. The van der Waals surface area contributed by atoms with E-state index in [4.69, 9.17) is 0 Å². The number of benzene rings is 1. The molecule has 0 N–H and O–H groups in total. The topological polar surface area (TPSA) is 40.1 Å². The summed E-state index contributed by atoms with van der Waals surface area (Å²) in [7, 11) is 0. The summed E-state index contributed by atoms with van der Waals surface area (Å²) in [6.45, 7) is 0. The van der Waals surface area contributed by atoms with Crippen molar-refractivity contribution in [2.75, 3.05) is 0 Å². The van der Waals surface area contributed by atoms with Crippen molar-refractivity contribution < 1.29 is 29.4 Å². The van der Waals surface area contributed by atoms with E-state index in [1.807, 2.05) is 12.0 Å². The average molecular weight is 211 g/mol. The second-order valence-electron chi connectivity index (χ2n) is 1.90. The van der Waals surface area contributed by atoms with Crippen LogP contribution in [-0.4, -0.2) is 5.97 Å². The van der Waals surface area contributed by atoms with Crippen LogP contribution in [0.15, 0.2) is 30.3 Å². The molecule has 0 amide bonds. The molecule has 0 radical (unpaired) electrons. The van der Waals surface area contributed by atoms with Gasteiger partial charge in [-0.1, -0.05) is 24.1 Å². The van der Waals surface area contributed by atoms with E-state index in [0.29, 0.717) is 5.56 Å². The van der Waals surface area contributed by atoms with Crippen LogP contribution in [0.4, 0.5) is 0 Å². The van der Waals surface area contributed by atoms with Crippen LogP contribution in [0.5, 0.6) is 0 Å². The molecule has 0 bridgehead atoms. The van der Waals surface area contributed by atoms with Gasteiger partial charge in [0.2, 0.25) is 0 Å². The van der Waals surface area contributed by atoms with E-state index in [9.17, 15) is 9.90 Å². The first kappa shape index (κ1) is 10.9. The van der Waals surface area contributed by atoms with Gasteiger partial charge in [0.05, 0.1) is 0 Å². The smallest absolute Gasteiger partial charge is 0.537 e. The zero-order chi connectivity index (χ0) is 8.10. The Balaban J connectivity index is 0.00000121. The van der Waals surface area contributed by atoms with Crippen molar-refractivity contribution in [1.29, 1.82) is 0 Å². The largest absolute Gasteiger partial charge is 2.00 e. The Morgan fingerprint density at radius 3 is 2.33 bits per heavy atom. The van der Waals surface area contributed by atoms with Crippen LogP contribution in [0.2, 0.25) is 0 Å². The maximum atomic E-state index is 9.89. The van der Waals surface area contributed by atoms with Crippen molar-refractivity contribution in [2.24, 2.45) is 0 Å². The first-order valence-corrected chi connectivity index (χ1v) is 3.07. The summed E-state index contributed by atoms with van der Waals surface area (Å²) in [5.74, 6) is 3.00. The molecular formula is C9H5O2Zn+. The van der Waals surface area contributed by atoms with Crippen molar-refractivity contribution in [3.8, 4) is 11.8 Å². The Morgan fingerprint density at radius 2 is 1.83 bits per heavy atom. The van der Waals surface area contributed by atoms with E-state index in [1.165, 1.54) is 0 Å². The number of aliphatic carboxylic acids is 1. The van der Waals surface area contributed by atoms with E-state index in [2.05, 4.69) is 5.92 Å². The summed E-state index contributed by atoms with van der Waals surface area (Å²) in [5, 5.41) is 9.89. The van der Waals surface area contributed by atoms with Gasteiger partial charge in [-0.05, 0) is 18.1 Å².